The third-order valence-corrected chi connectivity index (χ3v) is 2.29. The molecule has 92 valence electrons. The molecule has 0 saturated heterocycles. The Kier molecular flexibility index (Phi) is 4.78. The van der Waals surface area contributed by atoms with Crippen molar-refractivity contribution >= 4 is 29.4 Å². The number of aliphatic imine (C=N–C) groups is 1. The van der Waals surface area contributed by atoms with Gasteiger partial charge in [-0.15, -0.1) is 4.51 Å². The minimum Gasteiger partial charge on any atom is -0.369 e. The molecule has 1 aromatic carbocycles. The molecule has 17 heavy (non-hydrogen) atoms. The Balaban J connectivity index is 3.07. The standard InChI is InChI=1S/C11H16ClN5/c1-8(2)17(9-6-4-3-5-7-9)11(14)15-10(13)16-12/h3-8H,1-2H3,(H4,13,14,15,16). The van der Waals surface area contributed by atoms with Gasteiger partial charge in [-0.05, 0) is 26.0 Å². The van der Waals surface area contributed by atoms with Crippen LogP contribution in [0.1, 0.15) is 13.8 Å². The van der Waals surface area contributed by atoms with Gasteiger partial charge in [-0.25, -0.2) is 0 Å². The van der Waals surface area contributed by atoms with E-state index in [1.165, 1.54) is 0 Å². The minimum atomic E-state index is -0.0641. The number of anilines is 1. The van der Waals surface area contributed by atoms with Crippen LogP contribution in [-0.2, 0) is 0 Å². The Morgan fingerprint density at radius 1 is 1.24 bits per heavy atom. The molecule has 0 bridgehead atoms. The highest BCUT2D eigenvalue weighted by Crippen LogP contribution is 2.15. The predicted octanol–water partition coefficient (Wildman–Crippen LogP) is 1.68. The lowest BCUT2D eigenvalue weighted by molar-refractivity contribution is 0.802. The molecule has 0 saturated carbocycles. The summed E-state index contributed by atoms with van der Waals surface area (Å²) in [5, 5.41) is 0. The third kappa shape index (κ3) is 3.64. The Labute approximate surface area is 106 Å². The number of hydrogen-bond acceptors (Lipinski definition) is 1. The number of nitrogens with zero attached hydrogens (tertiary/aromatic N) is 3. The van der Waals surface area contributed by atoms with Crippen LogP contribution in [0.5, 0.6) is 0 Å². The largest absolute Gasteiger partial charge is 0.369 e. The molecule has 4 N–H and O–H groups in total. The van der Waals surface area contributed by atoms with Crippen molar-refractivity contribution in [2.75, 3.05) is 4.90 Å². The molecular formula is C11H16ClN5. The molecule has 1 rings (SSSR count). The monoisotopic (exact) mass is 253 g/mol. The van der Waals surface area contributed by atoms with Crippen LogP contribution in [0, 0.1) is 0 Å². The van der Waals surface area contributed by atoms with Crippen LogP contribution in [0.2, 0.25) is 0 Å². The van der Waals surface area contributed by atoms with Crippen molar-refractivity contribution in [3.05, 3.63) is 30.3 Å². The lowest BCUT2D eigenvalue weighted by Gasteiger charge is -2.27. The SMILES string of the molecule is CC(C)N(C(N)=NC(N)=NCl)c1ccccc1. The van der Waals surface area contributed by atoms with Crippen molar-refractivity contribution in [2.45, 2.75) is 19.9 Å². The number of para-hydroxylation sites is 1. The quantitative estimate of drug-likeness (QED) is 0.622. The van der Waals surface area contributed by atoms with Crippen molar-refractivity contribution < 1.29 is 0 Å². The van der Waals surface area contributed by atoms with Gasteiger partial charge >= 0.3 is 0 Å². The van der Waals surface area contributed by atoms with E-state index in [0.717, 1.165) is 5.69 Å². The van der Waals surface area contributed by atoms with E-state index in [2.05, 4.69) is 9.50 Å². The number of nitrogens with two attached hydrogens (primary N) is 2. The van der Waals surface area contributed by atoms with E-state index in [9.17, 15) is 0 Å². The summed E-state index contributed by atoms with van der Waals surface area (Å²) in [7, 11) is 0. The smallest absolute Gasteiger partial charge is 0.235 e. The van der Waals surface area contributed by atoms with Gasteiger partial charge in [0, 0.05) is 23.5 Å². The van der Waals surface area contributed by atoms with Crippen molar-refractivity contribution in [1.29, 1.82) is 0 Å². The number of benzene rings is 1. The number of guanidine groups is 2. The number of rotatable bonds is 2. The highest BCUT2D eigenvalue weighted by Gasteiger charge is 2.14. The molecule has 0 aliphatic heterocycles. The van der Waals surface area contributed by atoms with Crippen LogP contribution in [-0.4, -0.2) is 18.0 Å². The Morgan fingerprint density at radius 3 is 2.29 bits per heavy atom. The van der Waals surface area contributed by atoms with Gasteiger partial charge < -0.3 is 16.4 Å². The van der Waals surface area contributed by atoms with Gasteiger partial charge in [-0.3, -0.25) is 0 Å². The van der Waals surface area contributed by atoms with Crippen molar-refractivity contribution in [2.24, 2.45) is 21.0 Å². The first-order valence-electron chi connectivity index (χ1n) is 5.19. The Morgan fingerprint density at radius 2 is 1.82 bits per heavy atom. The highest BCUT2D eigenvalue weighted by atomic mass is 35.5. The summed E-state index contributed by atoms with van der Waals surface area (Å²) < 4.78 is 3.24. The summed E-state index contributed by atoms with van der Waals surface area (Å²) in [6.45, 7) is 4.01. The molecule has 6 heteroatoms. The summed E-state index contributed by atoms with van der Waals surface area (Å²) in [5.74, 6) is 0.193. The molecule has 0 unspecified atom stereocenters. The summed E-state index contributed by atoms with van der Waals surface area (Å²) in [6, 6.07) is 9.81. The van der Waals surface area contributed by atoms with Gasteiger partial charge in [0.05, 0.1) is 0 Å². The van der Waals surface area contributed by atoms with Gasteiger partial charge in [-0.2, -0.15) is 4.99 Å². The van der Waals surface area contributed by atoms with E-state index in [1.54, 1.807) is 0 Å². The van der Waals surface area contributed by atoms with Crippen molar-refractivity contribution in [3.63, 3.8) is 0 Å². The molecule has 0 aliphatic rings. The minimum absolute atomic E-state index is 0.0641. The van der Waals surface area contributed by atoms with E-state index in [0.29, 0.717) is 0 Å². The molecule has 0 aliphatic carbocycles. The molecule has 1 aromatic rings. The van der Waals surface area contributed by atoms with E-state index in [1.807, 2.05) is 49.1 Å². The number of halogens is 1. The van der Waals surface area contributed by atoms with Gasteiger partial charge in [0.15, 0.2) is 0 Å². The molecule has 0 atom stereocenters. The van der Waals surface area contributed by atoms with E-state index >= 15 is 0 Å². The summed E-state index contributed by atoms with van der Waals surface area (Å²) in [4.78, 5) is 5.75. The molecule has 0 aromatic heterocycles. The maximum Gasteiger partial charge on any atom is 0.235 e. The maximum atomic E-state index is 5.88. The first-order chi connectivity index (χ1) is 8.06. The van der Waals surface area contributed by atoms with Crippen LogP contribution >= 0.6 is 11.8 Å². The predicted molar refractivity (Wildman–Crippen MR) is 73.2 cm³/mol. The summed E-state index contributed by atoms with van der Waals surface area (Å²) in [5.41, 5.74) is 12.2. The highest BCUT2D eigenvalue weighted by molar-refractivity contribution is 6.20. The molecule has 0 fully saturated rings. The third-order valence-electron chi connectivity index (χ3n) is 2.11. The van der Waals surface area contributed by atoms with E-state index in [-0.39, 0.29) is 18.0 Å². The second kappa shape index (κ2) is 6.10. The normalized spacial score (nSPS) is 12.9. The fourth-order valence-electron chi connectivity index (χ4n) is 1.47. The van der Waals surface area contributed by atoms with Gasteiger partial charge in [0.25, 0.3) is 0 Å². The van der Waals surface area contributed by atoms with Crippen molar-refractivity contribution in [3.8, 4) is 0 Å². The molecule has 0 spiro atoms. The molecule has 0 amide bonds. The molecule has 0 radical (unpaired) electrons. The topological polar surface area (TPSA) is 80.0 Å². The molecule has 0 heterocycles. The molecule has 5 nitrogen and oxygen atoms in total. The van der Waals surface area contributed by atoms with Crippen LogP contribution in [0.25, 0.3) is 0 Å². The average Bonchev–Trinajstić information content (AvgIpc) is 2.29. The van der Waals surface area contributed by atoms with E-state index < -0.39 is 0 Å². The first kappa shape index (κ1) is 13.3. The first-order valence-corrected chi connectivity index (χ1v) is 5.53. The zero-order valence-electron chi connectivity index (χ0n) is 9.84. The van der Waals surface area contributed by atoms with Crippen molar-refractivity contribution in [1.82, 2.24) is 0 Å². The van der Waals surface area contributed by atoms with Crippen LogP contribution in [0.4, 0.5) is 5.69 Å². The van der Waals surface area contributed by atoms with Crippen LogP contribution in [0.15, 0.2) is 39.8 Å². The number of hydrogen-bond donors (Lipinski definition) is 2. The van der Waals surface area contributed by atoms with Gasteiger partial charge in [0.2, 0.25) is 11.9 Å². The van der Waals surface area contributed by atoms with Gasteiger partial charge in [-0.1, -0.05) is 18.2 Å². The zero-order valence-corrected chi connectivity index (χ0v) is 10.6. The van der Waals surface area contributed by atoms with Crippen LogP contribution < -0.4 is 16.4 Å². The second-order valence-electron chi connectivity index (χ2n) is 3.71. The van der Waals surface area contributed by atoms with Gasteiger partial charge in [0.1, 0.15) is 0 Å². The fourth-order valence-corrected chi connectivity index (χ4v) is 1.51. The Hall–Kier alpha value is -1.75. The van der Waals surface area contributed by atoms with E-state index in [4.69, 9.17) is 23.2 Å². The second-order valence-corrected chi connectivity index (χ2v) is 3.88. The average molecular weight is 254 g/mol. The maximum absolute atomic E-state index is 5.88. The molecular weight excluding hydrogens is 238 g/mol. The summed E-state index contributed by atoms with van der Waals surface area (Å²) in [6.07, 6.45) is 0. The summed E-state index contributed by atoms with van der Waals surface area (Å²) >= 11 is 5.21. The zero-order chi connectivity index (χ0) is 12.8. The lowest BCUT2D eigenvalue weighted by Crippen LogP contribution is -2.43. The lowest BCUT2D eigenvalue weighted by atomic mass is 10.2. The fraction of sp³-hybridized carbons (Fsp3) is 0.273. The van der Waals surface area contributed by atoms with Crippen LogP contribution in [0.3, 0.4) is 0 Å². The Bertz CT molecular complexity index is 413.